The van der Waals surface area contributed by atoms with Crippen LogP contribution < -0.4 is 10.5 Å². The first-order valence-electron chi connectivity index (χ1n) is 11.6. The number of anilines is 1. The third-order valence-electron chi connectivity index (χ3n) is 6.93. The molecule has 0 radical (unpaired) electrons. The lowest BCUT2D eigenvalue weighted by Gasteiger charge is -2.29. The maximum Gasteiger partial charge on any atom is 0.258 e. The average Bonchev–Trinajstić information content (AvgIpc) is 3.21. The molecule has 2 aromatic carbocycles. The number of hydrogen-bond acceptors (Lipinski definition) is 3. The van der Waals surface area contributed by atoms with E-state index >= 15 is 0 Å². The van der Waals surface area contributed by atoms with Crippen LogP contribution in [0, 0.1) is 18.6 Å². The Hall–Kier alpha value is -3.74. The Kier molecular flexibility index (Phi) is 4.86. The highest BCUT2D eigenvalue weighted by Crippen LogP contribution is 2.34. The van der Waals surface area contributed by atoms with Crippen molar-refractivity contribution in [2.45, 2.75) is 32.6 Å². The van der Waals surface area contributed by atoms with Crippen LogP contribution in [0.1, 0.15) is 36.1 Å². The third-order valence-corrected chi connectivity index (χ3v) is 6.93. The lowest BCUT2D eigenvalue weighted by Crippen LogP contribution is -2.29. The Balaban J connectivity index is 1.62. The van der Waals surface area contributed by atoms with E-state index in [1.54, 1.807) is 0 Å². The summed E-state index contributed by atoms with van der Waals surface area (Å²) in [7, 11) is 0. The summed E-state index contributed by atoms with van der Waals surface area (Å²) >= 11 is 0. The van der Waals surface area contributed by atoms with E-state index in [1.807, 2.05) is 13.1 Å². The van der Waals surface area contributed by atoms with E-state index in [2.05, 4.69) is 33.1 Å². The Morgan fingerprint density at radius 2 is 1.82 bits per heavy atom. The number of pyridine rings is 2. The minimum Gasteiger partial charge on any atom is -0.371 e. The number of fused-ring (bicyclic) bond motifs is 5. The van der Waals surface area contributed by atoms with Gasteiger partial charge in [-0.1, -0.05) is 12.1 Å². The number of aryl methyl sites for hydroxylation is 1. The van der Waals surface area contributed by atoms with E-state index in [1.165, 1.54) is 31.4 Å². The molecule has 0 bridgehead atoms. The zero-order valence-corrected chi connectivity index (χ0v) is 18.8. The fourth-order valence-corrected chi connectivity index (χ4v) is 5.25. The van der Waals surface area contributed by atoms with Gasteiger partial charge < -0.3 is 14.9 Å². The third kappa shape index (κ3) is 3.34. The van der Waals surface area contributed by atoms with Crippen molar-refractivity contribution in [3.63, 3.8) is 0 Å². The van der Waals surface area contributed by atoms with Gasteiger partial charge in [-0.3, -0.25) is 4.79 Å². The van der Waals surface area contributed by atoms with Gasteiger partial charge in [0.1, 0.15) is 17.3 Å². The van der Waals surface area contributed by atoms with E-state index in [0.29, 0.717) is 16.7 Å². The van der Waals surface area contributed by atoms with Crippen LogP contribution in [-0.2, 0) is 6.42 Å². The number of nitrogens with zero attached hydrogens (tertiary/aromatic N) is 2. The van der Waals surface area contributed by atoms with Crippen molar-refractivity contribution in [1.82, 2.24) is 15.0 Å². The number of aromatic nitrogens is 3. The SMILES string of the molecule is Cc1c[nH]c2nc(Cc3ccc(F)cc3F)c3c(=O)[nH]c4cc(N5CCCCC5)ccc4c3c12. The summed E-state index contributed by atoms with van der Waals surface area (Å²) < 4.78 is 27.9. The Bertz CT molecular complexity index is 1630. The van der Waals surface area contributed by atoms with Crippen molar-refractivity contribution < 1.29 is 8.78 Å². The minimum atomic E-state index is -0.652. The molecule has 3 aromatic heterocycles. The predicted molar refractivity (Wildman–Crippen MR) is 132 cm³/mol. The van der Waals surface area contributed by atoms with Crippen molar-refractivity contribution in [2.24, 2.45) is 0 Å². The highest BCUT2D eigenvalue weighted by molar-refractivity contribution is 6.19. The smallest absolute Gasteiger partial charge is 0.258 e. The van der Waals surface area contributed by atoms with Gasteiger partial charge in [-0.15, -0.1) is 0 Å². The Morgan fingerprint density at radius 3 is 2.62 bits per heavy atom. The van der Waals surface area contributed by atoms with Gasteiger partial charge in [-0.05, 0) is 55.5 Å². The number of benzene rings is 2. The molecule has 0 spiro atoms. The molecule has 172 valence electrons. The van der Waals surface area contributed by atoms with Crippen molar-refractivity contribution in [3.05, 3.63) is 81.4 Å². The number of rotatable bonds is 3. The van der Waals surface area contributed by atoms with E-state index in [-0.39, 0.29) is 17.5 Å². The van der Waals surface area contributed by atoms with E-state index in [9.17, 15) is 13.6 Å². The topological polar surface area (TPSA) is 64.8 Å². The van der Waals surface area contributed by atoms with Crippen LogP contribution in [0.15, 0.2) is 47.4 Å². The molecule has 2 N–H and O–H groups in total. The zero-order chi connectivity index (χ0) is 23.4. The Labute approximate surface area is 194 Å². The number of H-pyrrole nitrogens is 2. The molecular formula is C27H24F2N4O. The highest BCUT2D eigenvalue weighted by atomic mass is 19.1. The van der Waals surface area contributed by atoms with Crippen molar-refractivity contribution in [3.8, 4) is 0 Å². The summed E-state index contributed by atoms with van der Waals surface area (Å²) in [5.74, 6) is -1.29. The Morgan fingerprint density at radius 1 is 1.00 bits per heavy atom. The maximum atomic E-state index is 14.5. The van der Waals surface area contributed by atoms with Crippen LogP contribution >= 0.6 is 0 Å². The average molecular weight is 459 g/mol. The zero-order valence-electron chi connectivity index (χ0n) is 18.8. The van der Waals surface area contributed by atoms with Gasteiger partial charge >= 0.3 is 0 Å². The minimum absolute atomic E-state index is 0.0804. The van der Waals surface area contributed by atoms with Crippen LogP contribution in [-0.4, -0.2) is 28.0 Å². The van der Waals surface area contributed by atoms with Crippen molar-refractivity contribution >= 4 is 38.4 Å². The van der Waals surface area contributed by atoms with Crippen LogP contribution in [0.4, 0.5) is 14.5 Å². The number of piperidine rings is 1. The molecule has 0 saturated carbocycles. The summed E-state index contributed by atoms with van der Waals surface area (Å²) in [5, 5.41) is 3.06. The number of nitrogens with one attached hydrogen (secondary N) is 2. The molecule has 0 amide bonds. The van der Waals surface area contributed by atoms with Gasteiger partial charge in [-0.2, -0.15) is 0 Å². The largest absolute Gasteiger partial charge is 0.371 e. The number of hydrogen-bond donors (Lipinski definition) is 2. The van der Waals surface area contributed by atoms with Gasteiger partial charge in [0.15, 0.2) is 0 Å². The van der Waals surface area contributed by atoms with E-state index in [4.69, 9.17) is 4.98 Å². The second kappa shape index (κ2) is 7.94. The number of aromatic amines is 2. The molecular weight excluding hydrogens is 434 g/mol. The van der Waals surface area contributed by atoms with Crippen LogP contribution in [0.5, 0.6) is 0 Å². The fraction of sp³-hybridized carbons (Fsp3) is 0.259. The first kappa shape index (κ1) is 20.8. The molecule has 7 heteroatoms. The van der Waals surface area contributed by atoms with Crippen LogP contribution in [0.2, 0.25) is 0 Å². The van der Waals surface area contributed by atoms with Crippen LogP contribution in [0.25, 0.3) is 32.7 Å². The summed E-state index contributed by atoms with van der Waals surface area (Å²) in [4.78, 5) is 26.7. The maximum absolute atomic E-state index is 14.5. The summed E-state index contributed by atoms with van der Waals surface area (Å²) in [5.41, 5.74) is 4.00. The first-order valence-corrected chi connectivity index (χ1v) is 11.6. The molecule has 6 rings (SSSR count). The molecule has 1 aliphatic heterocycles. The molecule has 1 fully saturated rings. The van der Waals surface area contributed by atoms with Crippen LogP contribution in [0.3, 0.4) is 0 Å². The van der Waals surface area contributed by atoms with Crippen molar-refractivity contribution in [2.75, 3.05) is 18.0 Å². The molecule has 0 aliphatic carbocycles. The van der Waals surface area contributed by atoms with Gasteiger partial charge in [0.25, 0.3) is 5.56 Å². The van der Waals surface area contributed by atoms with E-state index in [0.717, 1.165) is 52.1 Å². The molecule has 1 aliphatic rings. The molecule has 4 heterocycles. The molecule has 5 aromatic rings. The monoisotopic (exact) mass is 458 g/mol. The summed E-state index contributed by atoms with van der Waals surface area (Å²) in [6.45, 7) is 4.01. The lowest BCUT2D eigenvalue weighted by molar-refractivity contribution is 0.574. The van der Waals surface area contributed by atoms with Gasteiger partial charge in [0.2, 0.25) is 0 Å². The second-order valence-corrected chi connectivity index (χ2v) is 9.15. The molecule has 0 atom stereocenters. The summed E-state index contributed by atoms with van der Waals surface area (Å²) in [6, 6.07) is 9.71. The predicted octanol–water partition coefficient (Wildman–Crippen LogP) is 5.73. The molecule has 34 heavy (non-hydrogen) atoms. The lowest BCUT2D eigenvalue weighted by atomic mass is 9.98. The van der Waals surface area contributed by atoms with Crippen molar-refractivity contribution in [1.29, 1.82) is 0 Å². The van der Waals surface area contributed by atoms with Gasteiger partial charge in [-0.25, -0.2) is 13.8 Å². The molecule has 5 nitrogen and oxygen atoms in total. The number of halogens is 2. The van der Waals surface area contributed by atoms with Gasteiger partial charge in [0, 0.05) is 53.6 Å². The highest BCUT2D eigenvalue weighted by Gasteiger charge is 2.20. The van der Waals surface area contributed by atoms with E-state index < -0.39 is 11.6 Å². The fourth-order valence-electron chi connectivity index (χ4n) is 5.25. The molecule has 1 saturated heterocycles. The molecule has 0 unspecified atom stereocenters. The standard InChI is InChI=1S/C27H24F2N4O/c1-15-14-30-26-23(15)24-19-8-7-18(33-9-3-2-4-10-33)13-21(19)32-27(34)25(24)22(31-26)11-16-5-6-17(28)12-20(16)29/h5-8,12-14H,2-4,9-11H2,1H3,(H,30,31)(H,32,34). The summed E-state index contributed by atoms with van der Waals surface area (Å²) in [6.07, 6.45) is 5.54. The quantitative estimate of drug-likeness (QED) is 0.340. The second-order valence-electron chi connectivity index (χ2n) is 9.15. The first-order chi connectivity index (χ1) is 16.5. The normalized spacial score (nSPS) is 14.5. The van der Waals surface area contributed by atoms with Gasteiger partial charge in [0.05, 0.1) is 16.6 Å².